The molecule has 1 rings (SSSR count). The average molecular weight is 217 g/mol. The molecule has 15 heavy (non-hydrogen) atoms. The molecule has 0 bridgehead atoms. The summed E-state index contributed by atoms with van der Waals surface area (Å²) in [5, 5.41) is 3.47. The van der Waals surface area contributed by atoms with Gasteiger partial charge in [-0.3, -0.25) is 0 Å². The van der Waals surface area contributed by atoms with Crippen molar-refractivity contribution in [3.05, 3.63) is 0 Å². The maximum absolute atomic E-state index is 5.53. The summed E-state index contributed by atoms with van der Waals surface area (Å²) >= 11 is 0. The smallest absolute Gasteiger partial charge is 0.106 e. The first-order valence-electron chi connectivity index (χ1n) is 5.58. The zero-order chi connectivity index (χ0) is 11.1. The molecule has 1 heterocycles. The zero-order valence-electron chi connectivity index (χ0n) is 10.0. The first kappa shape index (κ1) is 12.9. The molecule has 4 heteroatoms. The highest BCUT2D eigenvalue weighted by molar-refractivity contribution is 4.87. The summed E-state index contributed by atoms with van der Waals surface area (Å²) in [6, 6.07) is 0.456. The van der Waals surface area contributed by atoms with Crippen LogP contribution in [0, 0.1) is 0 Å². The van der Waals surface area contributed by atoms with Gasteiger partial charge < -0.3 is 19.5 Å². The lowest BCUT2D eigenvalue weighted by Crippen LogP contribution is -2.45. The van der Waals surface area contributed by atoms with Gasteiger partial charge in [-0.2, -0.15) is 0 Å². The number of nitrogens with one attached hydrogen (secondary N) is 1. The van der Waals surface area contributed by atoms with E-state index in [4.69, 9.17) is 14.2 Å². The maximum atomic E-state index is 5.53. The van der Waals surface area contributed by atoms with E-state index in [2.05, 4.69) is 12.2 Å². The van der Waals surface area contributed by atoms with Crippen molar-refractivity contribution >= 4 is 0 Å². The van der Waals surface area contributed by atoms with E-state index in [1.165, 1.54) is 0 Å². The minimum atomic E-state index is -0.110. The van der Waals surface area contributed by atoms with E-state index < -0.39 is 0 Å². The standard InChI is InChI=1S/C11H23NO3/c1-10(4-6-13-2)12-8-11(14-3)5-7-15-9-11/h10,12H,4-9H2,1-3H3. The summed E-state index contributed by atoms with van der Waals surface area (Å²) in [5.74, 6) is 0. The summed E-state index contributed by atoms with van der Waals surface area (Å²) in [5.41, 5.74) is -0.110. The molecule has 1 aliphatic rings. The van der Waals surface area contributed by atoms with Gasteiger partial charge in [0, 0.05) is 46.4 Å². The van der Waals surface area contributed by atoms with Crippen molar-refractivity contribution in [2.45, 2.75) is 31.4 Å². The second-order valence-corrected chi connectivity index (χ2v) is 4.25. The van der Waals surface area contributed by atoms with Crippen LogP contribution in [0.1, 0.15) is 19.8 Å². The van der Waals surface area contributed by atoms with Crippen molar-refractivity contribution in [2.24, 2.45) is 0 Å². The van der Waals surface area contributed by atoms with Crippen LogP contribution in [-0.4, -0.2) is 52.2 Å². The topological polar surface area (TPSA) is 39.7 Å². The Balaban J connectivity index is 2.21. The molecule has 1 saturated heterocycles. The molecule has 90 valence electrons. The Kier molecular flexibility index (Phi) is 5.53. The molecular formula is C11H23NO3. The van der Waals surface area contributed by atoms with Gasteiger partial charge in [0.2, 0.25) is 0 Å². The minimum absolute atomic E-state index is 0.110. The molecule has 0 spiro atoms. The maximum Gasteiger partial charge on any atom is 0.106 e. The molecular weight excluding hydrogens is 194 g/mol. The highest BCUT2D eigenvalue weighted by Crippen LogP contribution is 2.21. The summed E-state index contributed by atoms with van der Waals surface area (Å²) in [6.07, 6.45) is 2.00. The van der Waals surface area contributed by atoms with E-state index in [1.54, 1.807) is 14.2 Å². The zero-order valence-corrected chi connectivity index (χ0v) is 10.0. The van der Waals surface area contributed by atoms with E-state index in [0.717, 1.165) is 32.6 Å². The summed E-state index contributed by atoms with van der Waals surface area (Å²) < 4.78 is 15.9. The quantitative estimate of drug-likeness (QED) is 0.685. The first-order valence-corrected chi connectivity index (χ1v) is 5.58. The van der Waals surface area contributed by atoms with Crippen molar-refractivity contribution in [3.8, 4) is 0 Å². The van der Waals surface area contributed by atoms with Crippen LogP contribution in [-0.2, 0) is 14.2 Å². The molecule has 1 N–H and O–H groups in total. The van der Waals surface area contributed by atoms with Gasteiger partial charge in [0.25, 0.3) is 0 Å². The third-order valence-corrected chi connectivity index (χ3v) is 3.03. The van der Waals surface area contributed by atoms with Crippen LogP contribution in [0.5, 0.6) is 0 Å². The average Bonchev–Trinajstić information content (AvgIpc) is 2.73. The van der Waals surface area contributed by atoms with Gasteiger partial charge in [-0.15, -0.1) is 0 Å². The van der Waals surface area contributed by atoms with Gasteiger partial charge in [0.1, 0.15) is 5.60 Å². The lowest BCUT2D eigenvalue weighted by atomic mass is 10.0. The number of ether oxygens (including phenoxy) is 3. The van der Waals surface area contributed by atoms with Crippen molar-refractivity contribution in [3.63, 3.8) is 0 Å². The SMILES string of the molecule is COCCC(C)NCC1(OC)CCOC1. The van der Waals surface area contributed by atoms with E-state index in [9.17, 15) is 0 Å². The molecule has 0 saturated carbocycles. The van der Waals surface area contributed by atoms with Gasteiger partial charge in [-0.05, 0) is 13.3 Å². The van der Waals surface area contributed by atoms with E-state index >= 15 is 0 Å². The van der Waals surface area contributed by atoms with Crippen LogP contribution in [0.3, 0.4) is 0 Å². The van der Waals surface area contributed by atoms with Gasteiger partial charge in [0.05, 0.1) is 6.61 Å². The molecule has 0 amide bonds. The van der Waals surface area contributed by atoms with Crippen LogP contribution in [0.2, 0.25) is 0 Å². The van der Waals surface area contributed by atoms with E-state index in [0.29, 0.717) is 12.6 Å². The fourth-order valence-corrected chi connectivity index (χ4v) is 1.72. The van der Waals surface area contributed by atoms with Crippen LogP contribution in [0.25, 0.3) is 0 Å². The Morgan fingerprint density at radius 1 is 1.47 bits per heavy atom. The lowest BCUT2D eigenvalue weighted by Gasteiger charge is -2.28. The Morgan fingerprint density at radius 2 is 2.27 bits per heavy atom. The Bertz CT molecular complexity index is 169. The minimum Gasteiger partial charge on any atom is -0.385 e. The molecule has 0 radical (unpaired) electrons. The van der Waals surface area contributed by atoms with Crippen molar-refractivity contribution in [1.29, 1.82) is 0 Å². The van der Waals surface area contributed by atoms with Gasteiger partial charge >= 0.3 is 0 Å². The normalized spacial score (nSPS) is 28.2. The molecule has 4 nitrogen and oxygen atoms in total. The number of hydrogen-bond donors (Lipinski definition) is 1. The Labute approximate surface area is 92.3 Å². The molecule has 0 aromatic heterocycles. The van der Waals surface area contributed by atoms with Gasteiger partial charge in [0.15, 0.2) is 0 Å². The fourth-order valence-electron chi connectivity index (χ4n) is 1.72. The largest absolute Gasteiger partial charge is 0.385 e. The molecule has 2 atom stereocenters. The number of rotatable bonds is 7. The van der Waals surface area contributed by atoms with Crippen molar-refractivity contribution < 1.29 is 14.2 Å². The third kappa shape index (κ3) is 4.07. The van der Waals surface area contributed by atoms with Gasteiger partial charge in [-0.25, -0.2) is 0 Å². The monoisotopic (exact) mass is 217 g/mol. The molecule has 2 unspecified atom stereocenters. The van der Waals surface area contributed by atoms with Crippen LogP contribution in [0.15, 0.2) is 0 Å². The van der Waals surface area contributed by atoms with Crippen molar-refractivity contribution in [1.82, 2.24) is 5.32 Å². The first-order chi connectivity index (χ1) is 7.22. The Morgan fingerprint density at radius 3 is 2.80 bits per heavy atom. The second-order valence-electron chi connectivity index (χ2n) is 4.25. The molecule has 1 aliphatic heterocycles. The van der Waals surface area contributed by atoms with Crippen LogP contribution < -0.4 is 5.32 Å². The molecule has 0 aromatic carbocycles. The Hall–Kier alpha value is -0.160. The molecule has 0 aliphatic carbocycles. The van der Waals surface area contributed by atoms with Crippen LogP contribution >= 0.6 is 0 Å². The van der Waals surface area contributed by atoms with Gasteiger partial charge in [-0.1, -0.05) is 0 Å². The highest BCUT2D eigenvalue weighted by atomic mass is 16.5. The summed E-state index contributed by atoms with van der Waals surface area (Å²) in [7, 11) is 3.49. The van der Waals surface area contributed by atoms with Crippen LogP contribution in [0.4, 0.5) is 0 Å². The fraction of sp³-hybridized carbons (Fsp3) is 1.00. The third-order valence-electron chi connectivity index (χ3n) is 3.03. The molecule has 1 fully saturated rings. The lowest BCUT2D eigenvalue weighted by molar-refractivity contribution is -0.0176. The van der Waals surface area contributed by atoms with Crippen molar-refractivity contribution in [2.75, 3.05) is 40.6 Å². The predicted octanol–water partition coefficient (Wildman–Crippen LogP) is 0.806. The number of hydrogen-bond acceptors (Lipinski definition) is 4. The molecule has 0 aromatic rings. The second kappa shape index (κ2) is 6.43. The number of methoxy groups -OCH3 is 2. The van der Waals surface area contributed by atoms with E-state index in [1.807, 2.05) is 0 Å². The van der Waals surface area contributed by atoms with E-state index in [-0.39, 0.29) is 5.60 Å². The summed E-state index contributed by atoms with van der Waals surface area (Å²) in [4.78, 5) is 0. The highest BCUT2D eigenvalue weighted by Gasteiger charge is 2.34. The predicted molar refractivity (Wildman–Crippen MR) is 59.1 cm³/mol. The summed E-state index contributed by atoms with van der Waals surface area (Å²) in [6.45, 7) is 5.33.